The molecule has 3 amide bonds. The van der Waals surface area contributed by atoms with Gasteiger partial charge < -0.3 is 29.6 Å². The Labute approximate surface area is 268 Å². The fraction of sp³-hybridized carbons (Fsp3) is 0.438. The van der Waals surface area contributed by atoms with Gasteiger partial charge in [0, 0.05) is 47.7 Å². The van der Waals surface area contributed by atoms with Gasteiger partial charge in [-0.1, -0.05) is 18.2 Å². The predicted molar refractivity (Wildman–Crippen MR) is 168 cm³/mol. The molecule has 4 aliphatic rings. The van der Waals surface area contributed by atoms with Crippen molar-refractivity contribution in [1.29, 1.82) is 0 Å². The van der Waals surface area contributed by atoms with Crippen molar-refractivity contribution in [1.82, 2.24) is 20.1 Å². The van der Waals surface area contributed by atoms with Gasteiger partial charge in [0.15, 0.2) is 0 Å². The minimum absolute atomic E-state index is 0.0805. The number of ether oxygens (including phenoxy) is 1. The van der Waals surface area contributed by atoms with Crippen molar-refractivity contribution in [3.8, 4) is 5.75 Å². The summed E-state index contributed by atoms with van der Waals surface area (Å²) in [6, 6.07) is 5.95. The van der Waals surface area contributed by atoms with Crippen LogP contribution in [0.3, 0.4) is 0 Å². The fourth-order valence-corrected chi connectivity index (χ4v) is 8.80. The van der Waals surface area contributed by atoms with Gasteiger partial charge in [0.1, 0.15) is 17.8 Å². The summed E-state index contributed by atoms with van der Waals surface area (Å²) in [6.07, 6.45) is 10.2. The van der Waals surface area contributed by atoms with Crippen molar-refractivity contribution < 1.29 is 37.9 Å². The molecular weight excluding hydrogens is 634 g/mol. The number of nitrogens with one attached hydrogen (secondary N) is 1. The number of likely N-dealkylation sites (tertiary alicyclic amines) is 1. The van der Waals surface area contributed by atoms with Crippen LogP contribution in [0.5, 0.6) is 5.75 Å². The van der Waals surface area contributed by atoms with Gasteiger partial charge in [0.2, 0.25) is 17.7 Å². The molecule has 242 valence electrons. The summed E-state index contributed by atoms with van der Waals surface area (Å²) < 4.78 is 31.8. The van der Waals surface area contributed by atoms with Crippen LogP contribution in [-0.2, 0) is 14.2 Å². The smallest absolute Gasteiger partial charge is 0.363 e. The molecule has 1 aromatic carbocycles. The molecule has 0 unspecified atom stereocenters. The molecule has 3 fully saturated rings. The Kier molecular flexibility index (Phi) is 7.99. The first-order chi connectivity index (χ1) is 22.0. The van der Waals surface area contributed by atoms with E-state index in [2.05, 4.69) is 22.5 Å². The number of thiophene rings is 1. The third-order valence-corrected chi connectivity index (χ3v) is 11.9. The summed E-state index contributed by atoms with van der Waals surface area (Å²) in [5, 5.41) is 3.40. The largest absolute Gasteiger partial charge is 0.496 e. The number of amides is 3. The Morgan fingerprint density at radius 3 is 2.61 bits per heavy atom. The topological polar surface area (TPSA) is 149 Å². The maximum absolute atomic E-state index is 14.3. The number of nitrogens with zero attached hydrogens (tertiary/aromatic N) is 3. The molecule has 3 aromatic rings. The molecule has 3 saturated heterocycles. The average Bonchev–Trinajstić information content (AvgIpc) is 3.63. The average molecular weight is 669 g/mol. The van der Waals surface area contributed by atoms with Crippen LogP contribution in [0, 0.1) is 11.8 Å². The molecule has 1 aliphatic carbocycles. The molecular formula is C32H34FN4O7PS. The number of fused-ring (bicyclic) bond motifs is 3. The van der Waals surface area contributed by atoms with Crippen LogP contribution in [0.1, 0.15) is 58.3 Å². The highest BCUT2D eigenvalue weighted by molar-refractivity contribution is 7.51. The molecule has 0 saturated carbocycles. The molecule has 2 aromatic heterocycles. The summed E-state index contributed by atoms with van der Waals surface area (Å²) in [7, 11) is -3.38. The van der Waals surface area contributed by atoms with Gasteiger partial charge in [-0.25, -0.2) is 4.39 Å². The number of allylic oxidation sites excluding steroid dienone is 2. The summed E-state index contributed by atoms with van der Waals surface area (Å²) >= 11 is 1.15. The lowest BCUT2D eigenvalue weighted by atomic mass is 9.73. The second kappa shape index (κ2) is 11.9. The summed E-state index contributed by atoms with van der Waals surface area (Å²) in [5.41, 5.74) is 0.780. The van der Waals surface area contributed by atoms with Crippen LogP contribution < -0.4 is 10.1 Å². The van der Waals surface area contributed by atoms with E-state index in [0.717, 1.165) is 35.5 Å². The predicted octanol–water partition coefficient (Wildman–Crippen LogP) is 4.13. The van der Waals surface area contributed by atoms with Gasteiger partial charge in [-0.2, -0.15) is 0 Å². The van der Waals surface area contributed by atoms with Crippen LogP contribution in [0.15, 0.2) is 54.9 Å². The number of halogens is 1. The van der Waals surface area contributed by atoms with Crippen LogP contribution in [0.25, 0.3) is 10.1 Å². The molecule has 14 heteroatoms. The third-order valence-electron chi connectivity index (χ3n) is 9.85. The molecule has 3 aliphatic heterocycles. The van der Waals surface area contributed by atoms with E-state index in [1.165, 1.54) is 24.3 Å². The maximum Gasteiger partial charge on any atom is 0.363 e. The molecule has 6 atom stereocenters. The highest BCUT2D eigenvalue weighted by Gasteiger charge is 2.50. The van der Waals surface area contributed by atoms with Crippen molar-refractivity contribution in [2.45, 2.75) is 55.6 Å². The molecule has 11 nitrogen and oxygen atoms in total. The van der Waals surface area contributed by atoms with Crippen molar-refractivity contribution in [2.75, 3.05) is 20.2 Å². The number of carbonyl (C=O) groups is 3. The SMILES string of the molecule is COc1ccncc1C1CN(C(=O)[C@@H]2CC[C@@H]3C[C@@H]4C=C[C@@H]4C[C@H](NC(=O)c4cc5cc([C@@H](F)P(=O)(O)O)ccc5s4)C(=O)N32)C1. The molecule has 0 bridgehead atoms. The number of rotatable bonds is 7. The second-order valence-electron chi connectivity index (χ2n) is 12.6. The van der Waals surface area contributed by atoms with E-state index >= 15 is 0 Å². The van der Waals surface area contributed by atoms with E-state index in [0.29, 0.717) is 36.0 Å². The molecule has 46 heavy (non-hydrogen) atoms. The lowest BCUT2D eigenvalue weighted by Crippen LogP contribution is -2.60. The summed E-state index contributed by atoms with van der Waals surface area (Å²) in [5.74, 6) is -2.02. The van der Waals surface area contributed by atoms with Gasteiger partial charge in [0.05, 0.1) is 12.0 Å². The quantitative estimate of drug-likeness (QED) is 0.252. The number of hydrogen-bond donors (Lipinski definition) is 3. The maximum atomic E-state index is 14.3. The lowest BCUT2D eigenvalue weighted by molar-refractivity contribution is -0.150. The zero-order valence-corrected chi connectivity index (χ0v) is 26.7. The molecule has 3 N–H and O–H groups in total. The number of carbonyl (C=O) groups excluding carboxylic acids is 3. The van der Waals surface area contributed by atoms with Crippen molar-refractivity contribution >= 4 is 46.7 Å². The highest BCUT2D eigenvalue weighted by atomic mass is 32.1. The second-order valence-corrected chi connectivity index (χ2v) is 15.3. The highest BCUT2D eigenvalue weighted by Crippen LogP contribution is 2.53. The Balaban J connectivity index is 1.08. The number of methoxy groups -OCH3 is 1. The van der Waals surface area contributed by atoms with Gasteiger partial charge in [-0.3, -0.25) is 23.9 Å². The zero-order chi connectivity index (χ0) is 32.3. The Bertz CT molecular complexity index is 1790. The number of alkyl halides is 1. The van der Waals surface area contributed by atoms with Crippen LogP contribution in [0.4, 0.5) is 4.39 Å². The molecule has 7 rings (SSSR count). The fourth-order valence-electron chi connectivity index (χ4n) is 7.31. The summed E-state index contributed by atoms with van der Waals surface area (Å²) in [4.78, 5) is 68.1. The van der Waals surface area contributed by atoms with Crippen LogP contribution in [-0.4, -0.2) is 80.6 Å². The number of benzene rings is 1. The van der Waals surface area contributed by atoms with E-state index in [1.807, 2.05) is 0 Å². The number of aromatic nitrogens is 1. The first-order valence-corrected chi connectivity index (χ1v) is 17.8. The Hall–Kier alpha value is -3.64. The van der Waals surface area contributed by atoms with E-state index < -0.39 is 31.5 Å². The minimum Gasteiger partial charge on any atom is -0.496 e. The first-order valence-electron chi connectivity index (χ1n) is 15.3. The zero-order valence-electron chi connectivity index (χ0n) is 25.0. The first kappa shape index (κ1) is 31.0. The van der Waals surface area contributed by atoms with E-state index in [-0.39, 0.29) is 46.1 Å². The Morgan fingerprint density at radius 1 is 1.13 bits per heavy atom. The van der Waals surface area contributed by atoms with Crippen molar-refractivity contribution in [2.24, 2.45) is 11.8 Å². The van der Waals surface area contributed by atoms with Crippen LogP contribution in [0.2, 0.25) is 0 Å². The van der Waals surface area contributed by atoms with Gasteiger partial charge in [-0.15, -0.1) is 11.3 Å². The van der Waals surface area contributed by atoms with Crippen LogP contribution >= 0.6 is 18.9 Å². The minimum atomic E-state index is -4.99. The van der Waals surface area contributed by atoms with E-state index in [4.69, 9.17) is 4.74 Å². The third kappa shape index (κ3) is 5.53. The van der Waals surface area contributed by atoms with Crippen molar-refractivity contribution in [3.05, 3.63) is 70.9 Å². The normalized spacial score (nSPS) is 26.8. The van der Waals surface area contributed by atoms with Gasteiger partial charge in [0.25, 0.3) is 5.91 Å². The molecule has 5 heterocycles. The Morgan fingerprint density at radius 2 is 1.89 bits per heavy atom. The number of pyridine rings is 1. The lowest BCUT2D eigenvalue weighted by Gasteiger charge is -2.45. The molecule has 0 radical (unpaired) electrons. The number of hydrogen-bond acceptors (Lipinski definition) is 7. The van der Waals surface area contributed by atoms with E-state index in [1.54, 1.807) is 35.4 Å². The van der Waals surface area contributed by atoms with Gasteiger partial charge in [-0.05, 0) is 72.7 Å². The van der Waals surface area contributed by atoms with Crippen molar-refractivity contribution in [3.63, 3.8) is 0 Å². The monoisotopic (exact) mass is 668 g/mol. The van der Waals surface area contributed by atoms with Gasteiger partial charge >= 0.3 is 7.60 Å². The molecule has 0 spiro atoms. The summed E-state index contributed by atoms with van der Waals surface area (Å²) in [6.45, 7) is 1.03. The standard InChI is InChI=1S/C32H34FN4O7PS/c1-44-26-8-9-34-14-23(26)21-15-36(16-21)32(40)25-6-5-22-11-17-2-3-18(17)12-24(31(39)37(22)25)35-30(38)28-13-20-10-19(4-7-27(20)46-28)29(33)45(41,42)43/h2-4,7-10,13-14,17-18,21-22,24-25,29H,5-6,11-12,15-16H2,1H3,(H,35,38)(H2,41,42,43)/t17-,18+,22+,24-,25-,29-/m0/s1. The van der Waals surface area contributed by atoms with E-state index in [9.17, 15) is 33.1 Å².